The van der Waals surface area contributed by atoms with Crippen molar-refractivity contribution in [2.24, 2.45) is 0 Å². The molecular weight excluding hydrogens is 194 g/mol. The topological polar surface area (TPSA) is 37.8 Å². The van der Waals surface area contributed by atoms with Gasteiger partial charge in [0, 0.05) is 23.8 Å². The van der Waals surface area contributed by atoms with Gasteiger partial charge < -0.3 is 5.32 Å². The molecular formula is C10H11N3S. The van der Waals surface area contributed by atoms with Crippen molar-refractivity contribution >= 4 is 11.3 Å². The van der Waals surface area contributed by atoms with Gasteiger partial charge in [-0.15, -0.1) is 11.3 Å². The first-order valence-corrected chi connectivity index (χ1v) is 5.32. The van der Waals surface area contributed by atoms with Gasteiger partial charge in [0.25, 0.3) is 0 Å². The first-order chi connectivity index (χ1) is 6.95. The van der Waals surface area contributed by atoms with E-state index in [2.05, 4.69) is 32.8 Å². The van der Waals surface area contributed by atoms with Gasteiger partial charge in [-0.05, 0) is 17.5 Å². The highest BCUT2D eigenvalue weighted by Crippen LogP contribution is 2.07. The molecule has 2 aromatic rings. The lowest BCUT2D eigenvalue weighted by Crippen LogP contribution is -2.13. The molecule has 0 amide bonds. The van der Waals surface area contributed by atoms with Crippen LogP contribution in [0.15, 0.2) is 36.0 Å². The number of rotatable bonds is 4. The second-order valence-corrected chi connectivity index (χ2v) is 3.88. The Kier molecular flexibility index (Phi) is 3.21. The second-order valence-electron chi connectivity index (χ2n) is 2.85. The van der Waals surface area contributed by atoms with E-state index in [1.807, 2.05) is 6.07 Å². The Bertz CT molecular complexity index is 358. The van der Waals surface area contributed by atoms with E-state index < -0.39 is 0 Å². The van der Waals surface area contributed by atoms with Crippen LogP contribution in [0.25, 0.3) is 0 Å². The predicted molar refractivity (Wildman–Crippen MR) is 56.9 cm³/mol. The summed E-state index contributed by atoms with van der Waals surface area (Å²) in [5.74, 6) is 0.837. The molecule has 0 spiro atoms. The van der Waals surface area contributed by atoms with Gasteiger partial charge in [0.1, 0.15) is 5.82 Å². The molecule has 0 bridgehead atoms. The maximum atomic E-state index is 4.13. The summed E-state index contributed by atoms with van der Waals surface area (Å²) in [7, 11) is 0. The zero-order chi connectivity index (χ0) is 9.64. The lowest BCUT2D eigenvalue weighted by molar-refractivity contribution is 0.668. The maximum Gasteiger partial charge on any atom is 0.141 e. The van der Waals surface area contributed by atoms with Crippen LogP contribution in [-0.4, -0.2) is 9.97 Å². The van der Waals surface area contributed by atoms with E-state index in [4.69, 9.17) is 0 Å². The van der Waals surface area contributed by atoms with Gasteiger partial charge in [-0.2, -0.15) is 0 Å². The van der Waals surface area contributed by atoms with Crippen molar-refractivity contribution < 1.29 is 0 Å². The summed E-state index contributed by atoms with van der Waals surface area (Å²) < 4.78 is 0. The number of nitrogens with zero attached hydrogens (tertiary/aromatic N) is 2. The minimum absolute atomic E-state index is 0.721. The molecule has 0 fully saturated rings. The Hall–Kier alpha value is -1.26. The lowest BCUT2D eigenvalue weighted by Gasteiger charge is -2.00. The van der Waals surface area contributed by atoms with Gasteiger partial charge in [-0.3, -0.25) is 0 Å². The van der Waals surface area contributed by atoms with Crippen molar-refractivity contribution in [3.8, 4) is 0 Å². The summed E-state index contributed by atoms with van der Waals surface area (Å²) in [6.07, 6.45) is 3.52. The summed E-state index contributed by atoms with van der Waals surface area (Å²) in [5.41, 5.74) is 0. The van der Waals surface area contributed by atoms with Gasteiger partial charge in [-0.25, -0.2) is 9.97 Å². The van der Waals surface area contributed by atoms with Crippen LogP contribution in [0.5, 0.6) is 0 Å². The molecule has 0 aliphatic rings. The molecule has 72 valence electrons. The normalized spacial score (nSPS) is 10.3. The van der Waals surface area contributed by atoms with Crippen LogP contribution in [0.4, 0.5) is 0 Å². The van der Waals surface area contributed by atoms with Crippen molar-refractivity contribution in [3.05, 3.63) is 46.7 Å². The van der Waals surface area contributed by atoms with Crippen molar-refractivity contribution in [2.45, 2.75) is 13.1 Å². The monoisotopic (exact) mass is 205 g/mol. The Morgan fingerprint density at radius 2 is 2.00 bits per heavy atom. The molecule has 2 rings (SSSR count). The van der Waals surface area contributed by atoms with Crippen LogP contribution in [-0.2, 0) is 13.1 Å². The highest BCUT2D eigenvalue weighted by molar-refractivity contribution is 7.09. The third kappa shape index (κ3) is 2.61. The molecule has 2 heterocycles. The molecule has 1 N–H and O–H groups in total. The fraction of sp³-hybridized carbons (Fsp3) is 0.200. The average molecular weight is 205 g/mol. The van der Waals surface area contributed by atoms with E-state index in [0.717, 1.165) is 18.9 Å². The van der Waals surface area contributed by atoms with Crippen LogP contribution >= 0.6 is 11.3 Å². The van der Waals surface area contributed by atoms with Crippen molar-refractivity contribution in [3.63, 3.8) is 0 Å². The largest absolute Gasteiger partial charge is 0.305 e. The van der Waals surface area contributed by atoms with E-state index in [1.165, 1.54) is 4.88 Å². The summed E-state index contributed by atoms with van der Waals surface area (Å²) in [4.78, 5) is 9.59. The minimum atomic E-state index is 0.721. The molecule has 4 heteroatoms. The van der Waals surface area contributed by atoms with Gasteiger partial charge in [-0.1, -0.05) is 6.07 Å². The molecule has 0 unspecified atom stereocenters. The third-order valence-corrected chi connectivity index (χ3v) is 2.66. The standard InChI is InChI=1S/C10H11N3S/c1-3-9(14-6-1)7-11-8-10-12-4-2-5-13-10/h1-6,11H,7-8H2. The number of nitrogens with one attached hydrogen (secondary N) is 1. The van der Waals surface area contributed by atoms with Gasteiger partial charge >= 0.3 is 0 Å². The fourth-order valence-corrected chi connectivity index (χ4v) is 1.81. The molecule has 14 heavy (non-hydrogen) atoms. The highest BCUT2D eigenvalue weighted by atomic mass is 32.1. The molecule has 2 aromatic heterocycles. The molecule has 0 aliphatic carbocycles. The Labute approximate surface area is 86.8 Å². The molecule has 0 atom stereocenters. The number of hydrogen-bond acceptors (Lipinski definition) is 4. The van der Waals surface area contributed by atoms with E-state index in [0.29, 0.717) is 0 Å². The molecule has 0 radical (unpaired) electrons. The van der Waals surface area contributed by atoms with Gasteiger partial charge in [0.05, 0.1) is 6.54 Å². The van der Waals surface area contributed by atoms with Crippen LogP contribution in [0.3, 0.4) is 0 Å². The van der Waals surface area contributed by atoms with Gasteiger partial charge in [0.2, 0.25) is 0 Å². The third-order valence-electron chi connectivity index (χ3n) is 1.78. The average Bonchev–Trinajstić information content (AvgIpc) is 2.72. The Balaban J connectivity index is 1.79. The lowest BCUT2D eigenvalue weighted by atomic mass is 10.4. The van der Waals surface area contributed by atoms with E-state index in [1.54, 1.807) is 23.7 Å². The minimum Gasteiger partial charge on any atom is -0.305 e. The molecule has 0 aliphatic heterocycles. The zero-order valence-corrected chi connectivity index (χ0v) is 8.50. The van der Waals surface area contributed by atoms with Crippen LogP contribution in [0.2, 0.25) is 0 Å². The zero-order valence-electron chi connectivity index (χ0n) is 7.68. The van der Waals surface area contributed by atoms with Gasteiger partial charge in [0.15, 0.2) is 0 Å². The van der Waals surface area contributed by atoms with Crippen molar-refractivity contribution in [1.29, 1.82) is 0 Å². The predicted octanol–water partition coefficient (Wildman–Crippen LogP) is 1.83. The second kappa shape index (κ2) is 4.83. The first-order valence-electron chi connectivity index (χ1n) is 4.44. The van der Waals surface area contributed by atoms with Crippen LogP contribution in [0, 0.1) is 0 Å². The molecule has 0 aromatic carbocycles. The number of thiophene rings is 1. The molecule has 0 saturated carbocycles. The number of aromatic nitrogens is 2. The first kappa shape index (κ1) is 9.30. The maximum absolute atomic E-state index is 4.13. The van der Waals surface area contributed by atoms with E-state index in [9.17, 15) is 0 Å². The van der Waals surface area contributed by atoms with E-state index >= 15 is 0 Å². The highest BCUT2D eigenvalue weighted by Gasteiger charge is 1.95. The summed E-state index contributed by atoms with van der Waals surface area (Å²) in [6.45, 7) is 1.61. The number of hydrogen-bond donors (Lipinski definition) is 1. The smallest absolute Gasteiger partial charge is 0.141 e. The summed E-state index contributed by atoms with van der Waals surface area (Å²) >= 11 is 1.75. The summed E-state index contributed by atoms with van der Waals surface area (Å²) in [5, 5.41) is 5.37. The fourth-order valence-electron chi connectivity index (χ4n) is 1.13. The quantitative estimate of drug-likeness (QED) is 0.827. The van der Waals surface area contributed by atoms with Crippen molar-refractivity contribution in [1.82, 2.24) is 15.3 Å². The Morgan fingerprint density at radius 3 is 2.71 bits per heavy atom. The Morgan fingerprint density at radius 1 is 1.14 bits per heavy atom. The molecule has 0 saturated heterocycles. The van der Waals surface area contributed by atoms with Crippen LogP contribution < -0.4 is 5.32 Å². The summed E-state index contributed by atoms with van der Waals surface area (Å²) in [6, 6.07) is 5.99. The van der Waals surface area contributed by atoms with E-state index in [-0.39, 0.29) is 0 Å². The molecule has 3 nitrogen and oxygen atoms in total. The van der Waals surface area contributed by atoms with Crippen LogP contribution in [0.1, 0.15) is 10.7 Å². The van der Waals surface area contributed by atoms with Crippen molar-refractivity contribution in [2.75, 3.05) is 0 Å². The SMILES string of the molecule is c1cnc(CNCc2cccs2)nc1.